The van der Waals surface area contributed by atoms with Crippen molar-refractivity contribution in [2.75, 3.05) is 23.7 Å². The minimum Gasteiger partial charge on any atom is -0.491 e. The lowest BCUT2D eigenvalue weighted by atomic mass is 9.86. The number of hydrogen-bond acceptors (Lipinski definition) is 4. The van der Waals surface area contributed by atoms with Gasteiger partial charge in [0.15, 0.2) is 0 Å². The summed E-state index contributed by atoms with van der Waals surface area (Å²) in [6.45, 7) is 12.5. The molecule has 0 heterocycles. The fraction of sp³-hybridized carbons (Fsp3) is 0.480. The number of aryl methyl sites for hydroxylation is 2. The number of nitrogens with zero attached hydrogens (tertiary/aromatic N) is 1. The molecule has 7 heteroatoms. The molecule has 176 valence electrons. The van der Waals surface area contributed by atoms with Crippen LogP contribution in [-0.2, 0) is 20.2 Å². The summed E-state index contributed by atoms with van der Waals surface area (Å²) in [4.78, 5) is 13.0. The Morgan fingerprint density at radius 1 is 1.09 bits per heavy atom. The molecule has 0 unspecified atom stereocenters. The summed E-state index contributed by atoms with van der Waals surface area (Å²) >= 11 is 0. The number of hydrogen-bond donors (Lipinski definition) is 1. The molecule has 0 fully saturated rings. The van der Waals surface area contributed by atoms with Crippen molar-refractivity contribution in [3.63, 3.8) is 0 Å². The second kappa shape index (κ2) is 10.4. The second-order valence-corrected chi connectivity index (χ2v) is 11.1. The Morgan fingerprint density at radius 3 is 2.22 bits per heavy atom. The van der Waals surface area contributed by atoms with E-state index in [2.05, 4.69) is 26.1 Å². The minimum atomic E-state index is -3.66. The lowest BCUT2D eigenvalue weighted by Gasteiger charge is -2.30. The fourth-order valence-electron chi connectivity index (χ4n) is 3.80. The van der Waals surface area contributed by atoms with Gasteiger partial charge in [0.25, 0.3) is 0 Å². The normalized spacial score (nSPS) is 12.8. The summed E-state index contributed by atoms with van der Waals surface area (Å²) in [6, 6.07) is 12.6. The molecule has 2 aromatic carbocycles. The summed E-state index contributed by atoms with van der Waals surface area (Å²) in [5.41, 5.74) is 3.41. The van der Waals surface area contributed by atoms with Gasteiger partial charge in [-0.05, 0) is 60.6 Å². The lowest BCUT2D eigenvalue weighted by Crippen LogP contribution is -2.50. The van der Waals surface area contributed by atoms with Crippen LogP contribution in [0, 0.1) is 13.8 Å². The zero-order valence-corrected chi connectivity index (χ0v) is 21.0. The molecular formula is C25H36N2O4S. The smallest absolute Gasteiger partial charge is 0.244 e. The SMILES string of the molecule is CC[C@H](C(=O)NCCOc1ccccc1C(C)(C)C)N(c1cc(C)cc(C)c1)S(C)(=O)=O. The van der Waals surface area contributed by atoms with Gasteiger partial charge in [-0.15, -0.1) is 0 Å². The third-order valence-corrected chi connectivity index (χ3v) is 6.32. The molecule has 0 saturated heterocycles. The number of ether oxygens (including phenoxy) is 1. The predicted molar refractivity (Wildman–Crippen MR) is 131 cm³/mol. The highest BCUT2D eigenvalue weighted by Gasteiger charge is 2.31. The number of rotatable bonds is 9. The Bertz CT molecular complexity index is 1020. The molecule has 32 heavy (non-hydrogen) atoms. The molecule has 0 aliphatic rings. The van der Waals surface area contributed by atoms with Gasteiger partial charge < -0.3 is 10.1 Å². The molecule has 1 amide bonds. The summed E-state index contributed by atoms with van der Waals surface area (Å²) in [5.74, 6) is 0.444. The molecule has 1 atom stereocenters. The van der Waals surface area contributed by atoms with E-state index >= 15 is 0 Å². The first-order valence-electron chi connectivity index (χ1n) is 10.9. The van der Waals surface area contributed by atoms with Crippen LogP contribution < -0.4 is 14.4 Å². The number of para-hydroxylation sites is 1. The number of amides is 1. The van der Waals surface area contributed by atoms with Crippen molar-refractivity contribution >= 4 is 21.6 Å². The third kappa shape index (κ3) is 6.73. The van der Waals surface area contributed by atoms with Gasteiger partial charge in [-0.3, -0.25) is 9.10 Å². The van der Waals surface area contributed by atoms with Crippen LogP contribution in [0.2, 0.25) is 0 Å². The van der Waals surface area contributed by atoms with Crippen LogP contribution >= 0.6 is 0 Å². The first-order chi connectivity index (χ1) is 14.8. The first kappa shape index (κ1) is 25.7. The topological polar surface area (TPSA) is 75.7 Å². The molecule has 0 saturated carbocycles. The van der Waals surface area contributed by atoms with E-state index in [1.165, 1.54) is 4.31 Å². The number of nitrogens with one attached hydrogen (secondary N) is 1. The minimum absolute atomic E-state index is 0.0604. The van der Waals surface area contributed by atoms with Crippen LogP contribution in [0.5, 0.6) is 5.75 Å². The predicted octanol–water partition coefficient (Wildman–Crippen LogP) is 4.34. The summed E-state index contributed by atoms with van der Waals surface area (Å²) < 4.78 is 32.4. The Hall–Kier alpha value is -2.54. The zero-order valence-electron chi connectivity index (χ0n) is 20.2. The summed E-state index contributed by atoms with van der Waals surface area (Å²) in [5, 5.41) is 2.84. The van der Waals surface area contributed by atoms with Gasteiger partial charge >= 0.3 is 0 Å². The molecule has 0 aromatic heterocycles. The highest BCUT2D eigenvalue weighted by molar-refractivity contribution is 7.92. The summed E-state index contributed by atoms with van der Waals surface area (Å²) in [6.07, 6.45) is 1.48. The van der Waals surface area contributed by atoms with Crippen LogP contribution in [0.25, 0.3) is 0 Å². The van der Waals surface area contributed by atoms with Gasteiger partial charge in [-0.2, -0.15) is 0 Å². The number of carbonyl (C=O) groups excluding carboxylic acids is 1. The molecule has 0 radical (unpaired) electrons. The van der Waals surface area contributed by atoms with Gasteiger partial charge in [-0.25, -0.2) is 8.42 Å². The van der Waals surface area contributed by atoms with Crippen molar-refractivity contribution in [2.24, 2.45) is 0 Å². The highest BCUT2D eigenvalue weighted by atomic mass is 32.2. The van der Waals surface area contributed by atoms with Crippen molar-refractivity contribution < 1.29 is 17.9 Å². The van der Waals surface area contributed by atoms with E-state index in [1.54, 1.807) is 19.1 Å². The third-order valence-electron chi connectivity index (χ3n) is 5.14. The van der Waals surface area contributed by atoms with E-state index in [-0.39, 0.29) is 24.5 Å². The number of anilines is 1. The van der Waals surface area contributed by atoms with Crippen LogP contribution in [0.4, 0.5) is 5.69 Å². The molecule has 0 spiro atoms. The van der Waals surface area contributed by atoms with Crippen LogP contribution in [0.3, 0.4) is 0 Å². The standard InChI is InChI=1S/C25H36N2O4S/c1-8-22(27(32(7,29)30)20-16-18(2)15-19(3)17-20)24(28)26-13-14-31-23-12-10-9-11-21(23)25(4,5)6/h9-12,15-17,22H,8,13-14H2,1-7H3,(H,26,28)/t22-/m1/s1. The molecule has 0 aliphatic carbocycles. The molecule has 1 N–H and O–H groups in total. The van der Waals surface area contributed by atoms with E-state index in [9.17, 15) is 13.2 Å². The van der Waals surface area contributed by atoms with Gasteiger partial charge in [0, 0.05) is 0 Å². The van der Waals surface area contributed by atoms with Gasteiger partial charge in [0.05, 0.1) is 18.5 Å². The van der Waals surface area contributed by atoms with Crippen molar-refractivity contribution in [1.29, 1.82) is 0 Å². The van der Waals surface area contributed by atoms with Crippen molar-refractivity contribution in [2.45, 2.75) is 59.4 Å². The average molecular weight is 461 g/mol. The highest BCUT2D eigenvalue weighted by Crippen LogP contribution is 2.31. The van der Waals surface area contributed by atoms with Gasteiger partial charge in [-0.1, -0.05) is 52.0 Å². The number of sulfonamides is 1. The van der Waals surface area contributed by atoms with E-state index in [4.69, 9.17) is 4.74 Å². The number of carbonyl (C=O) groups is 1. The fourth-order valence-corrected chi connectivity index (χ4v) is 5.00. The van der Waals surface area contributed by atoms with E-state index in [0.29, 0.717) is 12.1 Å². The van der Waals surface area contributed by atoms with E-state index in [1.807, 2.05) is 44.2 Å². The first-order valence-corrected chi connectivity index (χ1v) is 12.8. The Labute approximate surface area is 193 Å². The van der Waals surface area contributed by atoms with Crippen molar-refractivity contribution in [1.82, 2.24) is 5.32 Å². The molecule has 6 nitrogen and oxygen atoms in total. The van der Waals surface area contributed by atoms with Crippen LogP contribution in [0.15, 0.2) is 42.5 Å². The van der Waals surface area contributed by atoms with E-state index < -0.39 is 16.1 Å². The molecule has 2 aromatic rings. The monoisotopic (exact) mass is 460 g/mol. The maximum Gasteiger partial charge on any atom is 0.244 e. The molecule has 0 bridgehead atoms. The molecule has 0 aliphatic heterocycles. The van der Waals surface area contributed by atoms with Crippen LogP contribution in [0.1, 0.15) is 50.8 Å². The Kier molecular flexibility index (Phi) is 8.35. The largest absolute Gasteiger partial charge is 0.491 e. The lowest BCUT2D eigenvalue weighted by molar-refractivity contribution is -0.122. The van der Waals surface area contributed by atoms with Gasteiger partial charge in [0.2, 0.25) is 15.9 Å². The van der Waals surface area contributed by atoms with E-state index in [0.717, 1.165) is 28.7 Å². The Morgan fingerprint density at radius 2 is 1.69 bits per heavy atom. The maximum absolute atomic E-state index is 13.0. The van der Waals surface area contributed by atoms with Crippen molar-refractivity contribution in [3.8, 4) is 5.75 Å². The Balaban J connectivity index is 2.12. The van der Waals surface area contributed by atoms with Gasteiger partial charge in [0.1, 0.15) is 18.4 Å². The summed E-state index contributed by atoms with van der Waals surface area (Å²) in [7, 11) is -3.66. The van der Waals surface area contributed by atoms with Crippen molar-refractivity contribution in [3.05, 3.63) is 59.2 Å². The zero-order chi connectivity index (χ0) is 24.1. The second-order valence-electron chi connectivity index (χ2n) is 9.21. The molecular weight excluding hydrogens is 424 g/mol. The number of benzene rings is 2. The maximum atomic E-state index is 13.0. The molecule has 2 rings (SSSR count). The van der Waals surface area contributed by atoms with Crippen LogP contribution in [-0.4, -0.2) is 39.8 Å². The average Bonchev–Trinajstić information content (AvgIpc) is 2.66. The quantitative estimate of drug-likeness (QED) is 0.565.